The summed E-state index contributed by atoms with van der Waals surface area (Å²) in [7, 11) is 0. The van der Waals surface area contributed by atoms with E-state index >= 15 is 0 Å². The Bertz CT molecular complexity index is 1200. The van der Waals surface area contributed by atoms with Crippen LogP contribution in [0.4, 0.5) is 0 Å². The van der Waals surface area contributed by atoms with Crippen molar-refractivity contribution in [3.63, 3.8) is 0 Å². The molecule has 0 saturated carbocycles. The van der Waals surface area contributed by atoms with E-state index in [4.69, 9.17) is 0 Å². The molecule has 0 fully saturated rings. The van der Waals surface area contributed by atoms with Gasteiger partial charge in [-0.15, -0.1) is 4.91 Å². The molecule has 3 nitrogen and oxygen atoms in total. The van der Waals surface area contributed by atoms with Gasteiger partial charge in [0, 0.05) is 10.8 Å². The molecule has 0 aromatic heterocycles. The van der Waals surface area contributed by atoms with Gasteiger partial charge in [0.15, 0.2) is 0 Å². The number of allylic oxidation sites excluding steroid dienone is 4. The molecule has 3 aromatic rings. The van der Waals surface area contributed by atoms with E-state index in [0.717, 1.165) is 12.0 Å². The van der Waals surface area contributed by atoms with E-state index < -0.39 is 0 Å². The van der Waals surface area contributed by atoms with Gasteiger partial charge in [-0.3, -0.25) is 0 Å². The minimum Gasteiger partial charge on any atom is -0.508 e. The molecule has 33 heavy (non-hydrogen) atoms. The number of rotatable bonds is 6. The number of hydrogen-bond donors (Lipinski definition) is 1. The highest BCUT2D eigenvalue weighted by atomic mass is 16.3. The maximum absolute atomic E-state index is 11.0. The lowest BCUT2D eigenvalue weighted by atomic mass is 9.67. The molecule has 4 rings (SSSR count). The lowest BCUT2D eigenvalue weighted by Gasteiger charge is -2.36. The van der Waals surface area contributed by atoms with Crippen molar-refractivity contribution in [2.75, 3.05) is 0 Å². The quantitative estimate of drug-likeness (QED) is 0.402. The molecule has 0 bridgehead atoms. The van der Waals surface area contributed by atoms with Gasteiger partial charge >= 0.3 is 0 Å². The zero-order valence-electron chi connectivity index (χ0n) is 19.8. The highest BCUT2D eigenvalue weighted by Crippen LogP contribution is 2.44. The Morgan fingerprint density at radius 3 is 1.67 bits per heavy atom. The average Bonchev–Trinajstić information content (AvgIpc) is 2.84. The smallest absolute Gasteiger partial charge is 0.115 e. The molecule has 1 aliphatic carbocycles. The Labute approximate surface area is 196 Å². The third-order valence-corrected chi connectivity index (χ3v) is 7.29. The largest absolute Gasteiger partial charge is 0.508 e. The minimum absolute atomic E-state index is 0.113. The predicted molar refractivity (Wildman–Crippen MR) is 136 cm³/mol. The molecular weight excluding hydrogens is 406 g/mol. The van der Waals surface area contributed by atoms with E-state index in [9.17, 15) is 10.0 Å². The second-order valence-corrected chi connectivity index (χ2v) is 9.68. The first kappa shape index (κ1) is 22.7. The Morgan fingerprint density at radius 2 is 1.18 bits per heavy atom. The van der Waals surface area contributed by atoms with Crippen molar-refractivity contribution in [3.8, 4) is 5.75 Å². The molecule has 0 heterocycles. The number of phenols is 1. The maximum Gasteiger partial charge on any atom is 0.115 e. The van der Waals surface area contributed by atoms with Gasteiger partial charge in [0.2, 0.25) is 0 Å². The highest BCUT2D eigenvalue weighted by molar-refractivity contribution is 5.52. The van der Waals surface area contributed by atoms with Crippen molar-refractivity contribution in [1.29, 1.82) is 0 Å². The molecule has 3 heteroatoms. The number of nitroso groups, excluding NO2 is 1. The molecule has 0 saturated heterocycles. The number of benzene rings is 3. The van der Waals surface area contributed by atoms with Crippen molar-refractivity contribution in [2.24, 2.45) is 5.18 Å². The van der Waals surface area contributed by atoms with Crippen molar-refractivity contribution in [3.05, 3.63) is 129 Å². The summed E-state index contributed by atoms with van der Waals surface area (Å²) < 4.78 is 0. The second-order valence-electron chi connectivity index (χ2n) is 9.68. The van der Waals surface area contributed by atoms with E-state index in [2.05, 4.69) is 81.4 Å². The normalized spacial score (nSPS) is 15.9. The van der Waals surface area contributed by atoms with Crippen molar-refractivity contribution in [2.45, 2.75) is 51.4 Å². The minimum atomic E-state index is -0.384. The van der Waals surface area contributed by atoms with E-state index in [1.165, 1.54) is 27.8 Å². The van der Waals surface area contributed by atoms with E-state index in [1.54, 1.807) is 12.1 Å². The van der Waals surface area contributed by atoms with Crippen LogP contribution in [0.1, 0.15) is 61.4 Å². The lowest BCUT2D eigenvalue weighted by molar-refractivity contribution is 0.474. The number of phenolic OH excluding ortho intramolecular Hbond substituents is 1. The summed E-state index contributed by atoms with van der Waals surface area (Å²) >= 11 is 0. The Kier molecular flexibility index (Phi) is 6.07. The molecular formula is C30H31NO2. The number of aryl methyl sites for hydroxylation is 1. The van der Waals surface area contributed by atoms with Crippen LogP contribution in [0.25, 0.3) is 0 Å². The molecule has 168 valence electrons. The molecule has 0 radical (unpaired) electrons. The molecule has 1 N–H and O–H groups in total. The van der Waals surface area contributed by atoms with Crippen LogP contribution in [0.3, 0.4) is 0 Å². The number of nitrogens with zero attached hydrogens (tertiary/aromatic N) is 1. The van der Waals surface area contributed by atoms with Crippen LogP contribution in [-0.4, -0.2) is 5.11 Å². The molecule has 0 spiro atoms. The molecule has 1 atom stereocenters. The van der Waals surface area contributed by atoms with Gasteiger partial charge in [-0.25, -0.2) is 0 Å². The Hall–Kier alpha value is -3.46. The average molecular weight is 438 g/mol. The van der Waals surface area contributed by atoms with Crippen LogP contribution in [-0.2, 0) is 10.8 Å². The van der Waals surface area contributed by atoms with Crippen molar-refractivity contribution < 1.29 is 5.11 Å². The summed E-state index contributed by atoms with van der Waals surface area (Å²) in [4.78, 5) is 11.0. The summed E-state index contributed by atoms with van der Waals surface area (Å²) in [6.45, 7) is 8.85. The SMILES string of the molecule is Cc1ccc(C(C)(C)c2ccc(C(C)(C3=CC=C(N=O)CC3)c3ccc(O)cc3)cc2)cc1. The Morgan fingerprint density at radius 1 is 0.697 bits per heavy atom. The third kappa shape index (κ3) is 4.28. The van der Waals surface area contributed by atoms with Crippen molar-refractivity contribution >= 4 is 0 Å². The first-order chi connectivity index (χ1) is 15.7. The summed E-state index contributed by atoms with van der Waals surface area (Å²) in [6, 6.07) is 25.1. The second kappa shape index (κ2) is 8.82. The topological polar surface area (TPSA) is 49.7 Å². The molecule has 0 aliphatic heterocycles. The van der Waals surface area contributed by atoms with Crippen LogP contribution in [0, 0.1) is 11.8 Å². The maximum atomic E-state index is 11.0. The molecule has 1 aliphatic rings. The van der Waals surface area contributed by atoms with E-state index in [-0.39, 0.29) is 16.6 Å². The van der Waals surface area contributed by atoms with Crippen LogP contribution in [0.5, 0.6) is 5.75 Å². The van der Waals surface area contributed by atoms with Gasteiger partial charge in [0.1, 0.15) is 5.75 Å². The third-order valence-electron chi connectivity index (χ3n) is 7.29. The van der Waals surface area contributed by atoms with Crippen molar-refractivity contribution in [1.82, 2.24) is 0 Å². The van der Waals surface area contributed by atoms with Gasteiger partial charge in [0.05, 0.1) is 5.70 Å². The molecule has 1 unspecified atom stereocenters. The summed E-state index contributed by atoms with van der Waals surface area (Å²) in [5, 5.41) is 13.0. The summed E-state index contributed by atoms with van der Waals surface area (Å²) in [6.07, 6.45) is 5.28. The van der Waals surface area contributed by atoms with E-state index in [0.29, 0.717) is 12.1 Å². The Balaban J connectivity index is 1.77. The fraction of sp³-hybridized carbons (Fsp3) is 0.267. The monoisotopic (exact) mass is 437 g/mol. The van der Waals surface area contributed by atoms with E-state index in [1.807, 2.05) is 24.3 Å². The van der Waals surface area contributed by atoms with Gasteiger partial charge in [-0.2, -0.15) is 0 Å². The zero-order valence-corrected chi connectivity index (χ0v) is 19.8. The first-order valence-corrected chi connectivity index (χ1v) is 11.5. The summed E-state index contributed by atoms with van der Waals surface area (Å²) in [5.41, 5.74) is 7.41. The van der Waals surface area contributed by atoms with Crippen LogP contribution < -0.4 is 0 Å². The highest BCUT2D eigenvalue weighted by Gasteiger charge is 2.34. The van der Waals surface area contributed by atoms with Crippen LogP contribution in [0.15, 0.2) is 101 Å². The summed E-state index contributed by atoms with van der Waals surface area (Å²) in [5.74, 6) is 0.251. The first-order valence-electron chi connectivity index (χ1n) is 11.5. The van der Waals surface area contributed by atoms with Crippen LogP contribution in [0.2, 0.25) is 0 Å². The van der Waals surface area contributed by atoms with Gasteiger partial charge in [-0.1, -0.05) is 91.7 Å². The van der Waals surface area contributed by atoms with Gasteiger partial charge in [0.25, 0.3) is 0 Å². The molecule has 0 amide bonds. The van der Waals surface area contributed by atoms with Crippen LogP contribution >= 0.6 is 0 Å². The standard InChI is InChI=1S/C30H31NO2/c1-21-5-7-22(8-6-21)29(2,3)23-9-11-24(12-10-23)30(4,26-15-19-28(32)20-16-26)25-13-17-27(31-33)18-14-25/h5-13,15-17,19-20,32H,14,18H2,1-4H3. The number of aromatic hydroxyl groups is 1. The predicted octanol–water partition coefficient (Wildman–Crippen LogP) is 7.70. The number of hydrogen-bond acceptors (Lipinski definition) is 3. The fourth-order valence-electron chi connectivity index (χ4n) is 4.81. The molecule has 3 aromatic carbocycles. The zero-order chi connectivity index (χ0) is 23.6. The lowest BCUT2D eigenvalue weighted by Crippen LogP contribution is -2.28. The van der Waals surface area contributed by atoms with Gasteiger partial charge in [-0.05, 0) is 72.3 Å². The fourth-order valence-corrected chi connectivity index (χ4v) is 4.81. The van der Waals surface area contributed by atoms with Gasteiger partial charge < -0.3 is 5.11 Å².